The summed E-state index contributed by atoms with van der Waals surface area (Å²) in [6.07, 6.45) is 3.33. The third-order valence-electron chi connectivity index (χ3n) is 3.51. The summed E-state index contributed by atoms with van der Waals surface area (Å²) in [6, 6.07) is 17.5. The number of nitrogens with one attached hydrogen (secondary N) is 2. The number of hydrogen-bond donors (Lipinski definition) is 3. The summed E-state index contributed by atoms with van der Waals surface area (Å²) < 4.78 is 0. The van der Waals surface area contributed by atoms with Crippen molar-refractivity contribution >= 4 is 40.2 Å². The molecule has 24 heavy (non-hydrogen) atoms. The number of aromatic hydroxyl groups is 1. The number of anilines is 1. The third kappa shape index (κ3) is 3.67. The molecule has 5 heteroatoms. The van der Waals surface area contributed by atoms with Gasteiger partial charge in [0.15, 0.2) is 0 Å². The average Bonchev–Trinajstić information content (AvgIpc) is 2.58. The lowest BCUT2D eigenvalue weighted by Gasteiger charge is -2.09. The first kappa shape index (κ1) is 15.9. The normalized spacial score (nSPS) is 10.9. The molecule has 0 aliphatic carbocycles. The Morgan fingerprint density at radius 2 is 1.67 bits per heavy atom. The van der Waals surface area contributed by atoms with Crippen LogP contribution >= 0.6 is 11.6 Å². The summed E-state index contributed by atoms with van der Waals surface area (Å²) in [5, 5.41) is 17.4. The van der Waals surface area contributed by atoms with Gasteiger partial charge in [0.1, 0.15) is 5.75 Å². The van der Waals surface area contributed by atoms with Crippen molar-refractivity contribution in [1.29, 1.82) is 0 Å². The fourth-order valence-corrected chi connectivity index (χ4v) is 2.47. The zero-order valence-corrected chi connectivity index (χ0v) is 13.4. The van der Waals surface area contributed by atoms with Gasteiger partial charge in [-0.25, -0.2) is 4.79 Å². The number of benzene rings is 3. The second-order valence-corrected chi connectivity index (χ2v) is 5.60. The molecule has 3 aromatic carbocycles. The van der Waals surface area contributed by atoms with Crippen molar-refractivity contribution < 1.29 is 9.90 Å². The summed E-state index contributed by atoms with van der Waals surface area (Å²) in [4.78, 5) is 12.0. The fourth-order valence-electron chi connectivity index (χ4n) is 2.35. The van der Waals surface area contributed by atoms with Gasteiger partial charge in [-0.3, -0.25) is 0 Å². The lowest BCUT2D eigenvalue weighted by molar-refractivity contribution is 0.255. The van der Waals surface area contributed by atoms with E-state index in [1.54, 1.807) is 54.7 Å². The van der Waals surface area contributed by atoms with Crippen LogP contribution < -0.4 is 10.6 Å². The smallest absolute Gasteiger partial charge is 0.323 e. The van der Waals surface area contributed by atoms with E-state index >= 15 is 0 Å². The van der Waals surface area contributed by atoms with Crippen LogP contribution in [0.3, 0.4) is 0 Å². The first-order valence-electron chi connectivity index (χ1n) is 7.34. The number of carbonyl (C=O) groups is 1. The Hall–Kier alpha value is -2.98. The molecule has 0 heterocycles. The molecule has 0 atom stereocenters. The van der Waals surface area contributed by atoms with Crippen LogP contribution in [0.1, 0.15) is 5.56 Å². The van der Waals surface area contributed by atoms with Crippen LogP contribution in [0, 0.1) is 0 Å². The van der Waals surface area contributed by atoms with Crippen molar-refractivity contribution in [3.05, 3.63) is 77.4 Å². The number of urea groups is 1. The van der Waals surface area contributed by atoms with E-state index in [2.05, 4.69) is 10.6 Å². The Morgan fingerprint density at radius 1 is 0.958 bits per heavy atom. The van der Waals surface area contributed by atoms with E-state index in [4.69, 9.17) is 11.6 Å². The molecule has 3 N–H and O–H groups in total. The van der Waals surface area contributed by atoms with Gasteiger partial charge in [0.25, 0.3) is 0 Å². The fraction of sp³-hybridized carbons (Fsp3) is 0. The van der Waals surface area contributed by atoms with E-state index in [1.807, 2.05) is 18.2 Å². The van der Waals surface area contributed by atoms with Crippen molar-refractivity contribution in [2.45, 2.75) is 0 Å². The zero-order valence-electron chi connectivity index (χ0n) is 12.7. The molecular weight excluding hydrogens is 324 g/mol. The Bertz CT molecular complexity index is 905. The highest BCUT2D eigenvalue weighted by Crippen LogP contribution is 2.29. The number of halogens is 1. The van der Waals surface area contributed by atoms with Crippen molar-refractivity contribution in [1.82, 2.24) is 5.32 Å². The standard InChI is InChI=1S/C19H15ClN2O2/c20-14-9-7-13(8-10-14)11-12-21-19(24)22-17-5-1-4-16-15(17)3-2-6-18(16)23/h1-12,23H,(H2,21,22,24)/b12-11+. The van der Waals surface area contributed by atoms with Crippen molar-refractivity contribution in [2.75, 3.05) is 5.32 Å². The van der Waals surface area contributed by atoms with Crippen molar-refractivity contribution in [3.63, 3.8) is 0 Å². The molecule has 0 saturated heterocycles. The zero-order chi connectivity index (χ0) is 16.9. The SMILES string of the molecule is O=C(N/C=C/c1ccc(Cl)cc1)Nc1cccc2c(O)cccc12. The first-order chi connectivity index (χ1) is 11.6. The van der Waals surface area contributed by atoms with Gasteiger partial charge in [-0.1, -0.05) is 48.0 Å². The molecule has 0 bridgehead atoms. The molecule has 2 amide bonds. The second kappa shape index (κ2) is 7.06. The summed E-state index contributed by atoms with van der Waals surface area (Å²) >= 11 is 5.82. The minimum absolute atomic E-state index is 0.180. The minimum Gasteiger partial charge on any atom is -0.507 e. The van der Waals surface area contributed by atoms with Crippen molar-refractivity contribution in [2.24, 2.45) is 0 Å². The maximum absolute atomic E-state index is 12.0. The summed E-state index contributed by atoms with van der Waals surface area (Å²) in [5.41, 5.74) is 1.55. The van der Waals surface area contributed by atoms with E-state index in [9.17, 15) is 9.90 Å². The topological polar surface area (TPSA) is 61.4 Å². The van der Waals surface area contributed by atoms with Gasteiger partial charge < -0.3 is 15.7 Å². The van der Waals surface area contributed by atoms with Crippen LogP contribution in [-0.2, 0) is 0 Å². The number of rotatable bonds is 3. The lowest BCUT2D eigenvalue weighted by Crippen LogP contribution is -2.23. The molecule has 0 fully saturated rings. The lowest BCUT2D eigenvalue weighted by atomic mass is 10.1. The first-order valence-corrected chi connectivity index (χ1v) is 7.71. The minimum atomic E-state index is -0.365. The number of fused-ring (bicyclic) bond motifs is 1. The summed E-state index contributed by atoms with van der Waals surface area (Å²) in [7, 11) is 0. The molecule has 4 nitrogen and oxygen atoms in total. The maximum Gasteiger partial charge on any atom is 0.323 e. The molecular formula is C19H15ClN2O2. The predicted octanol–water partition coefficient (Wildman–Crippen LogP) is 4.99. The van der Waals surface area contributed by atoms with Crippen LogP contribution in [0.5, 0.6) is 5.75 Å². The van der Waals surface area contributed by atoms with Crippen LogP contribution in [0.25, 0.3) is 16.8 Å². The molecule has 0 aliphatic rings. The molecule has 0 unspecified atom stereocenters. The van der Waals surface area contributed by atoms with Gasteiger partial charge in [-0.05, 0) is 35.9 Å². The molecule has 3 rings (SSSR count). The highest BCUT2D eigenvalue weighted by atomic mass is 35.5. The molecule has 0 aromatic heterocycles. The van der Waals surface area contributed by atoms with Crippen LogP contribution in [0.4, 0.5) is 10.5 Å². The van der Waals surface area contributed by atoms with Crippen LogP contribution in [0.2, 0.25) is 5.02 Å². The van der Waals surface area contributed by atoms with Gasteiger partial charge in [0.2, 0.25) is 0 Å². The number of carbonyl (C=O) groups excluding carboxylic acids is 1. The van der Waals surface area contributed by atoms with Gasteiger partial charge in [0.05, 0.1) is 5.69 Å². The highest BCUT2D eigenvalue weighted by molar-refractivity contribution is 6.30. The van der Waals surface area contributed by atoms with E-state index in [-0.39, 0.29) is 11.8 Å². The number of amides is 2. The quantitative estimate of drug-likeness (QED) is 0.630. The Kier molecular flexibility index (Phi) is 4.68. The van der Waals surface area contributed by atoms with Crippen LogP contribution in [-0.4, -0.2) is 11.1 Å². The summed E-state index contributed by atoms with van der Waals surface area (Å²) in [5.74, 6) is 0.180. The molecule has 0 radical (unpaired) electrons. The number of phenolic OH excluding ortho intramolecular Hbond substituents is 1. The number of phenols is 1. The van der Waals surface area contributed by atoms with Gasteiger partial charge in [-0.2, -0.15) is 0 Å². The van der Waals surface area contributed by atoms with E-state index in [0.29, 0.717) is 16.1 Å². The third-order valence-corrected chi connectivity index (χ3v) is 3.76. The van der Waals surface area contributed by atoms with Gasteiger partial charge in [0, 0.05) is 22.0 Å². The van der Waals surface area contributed by atoms with Crippen LogP contribution in [0.15, 0.2) is 66.9 Å². The number of hydrogen-bond acceptors (Lipinski definition) is 2. The molecule has 0 spiro atoms. The van der Waals surface area contributed by atoms with E-state index in [0.717, 1.165) is 10.9 Å². The van der Waals surface area contributed by atoms with Gasteiger partial charge >= 0.3 is 6.03 Å². The second-order valence-electron chi connectivity index (χ2n) is 5.16. The predicted molar refractivity (Wildman–Crippen MR) is 98.3 cm³/mol. The molecule has 0 aliphatic heterocycles. The molecule has 3 aromatic rings. The Morgan fingerprint density at radius 3 is 2.46 bits per heavy atom. The summed E-state index contributed by atoms with van der Waals surface area (Å²) in [6.45, 7) is 0. The average molecular weight is 339 g/mol. The highest BCUT2D eigenvalue weighted by Gasteiger charge is 2.06. The Balaban J connectivity index is 1.69. The van der Waals surface area contributed by atoms with E-state index in [1.165, 1.54) is 0 Å². The van der Waals surface area contributed by atoms with E-state index < -0.39 is 0 Å². The largest absolute Gasteiger partial charge is 0.507 e. The van der Waals surface area contributed by atoms with Gasteiger partial charge in [-0.15, -0.1) is 0 Å². The van der Waals surface area contributed by atoms with Crippen molar-refractivity contribution in [3.8, 4) is 5.75 Å². The molecule has 120 valence electrons. The monoisotopic (exact) mass is 338 g/mol. The Labute approximate surface area is 144 Å². The molecule has 0 saturated carbocycles. The maximum atomic E-state index is 12.0.